The van der Waals surface area contributed by atoms with Gasteiger partial charge in [0.05, 0.1) is 13.2 Å². The molecule has 1 aromatic rings. The summed E-state index contributed by atoms with van der Waals surface area (Å²) in [5.74, 6) is -0.124. The Kier molecular flexibility index (Phi) is 4.27. The SMILES string of the molecule is O=C(CC[C@@H]1CCc2cc(F)c3c(c21)CCO3)NCC(F)F. The minimum atomic E-state index is -2.53. The molecule has 1 aromatic carbocycles. The fourth-order valence-electron chi connectivity index (χ4n) is 3.48. The number of nitrogens with one attached hydrogen (secondary N) is 1. The summed E-state index contributed by atoms with van der Waals surface area (Å²) in [5.41, 5.74) is 3.06. The number of benzene rings is 1. The molecule has 6 heteroatoms. The number of rotatable bonds is 5. The van der Waals surface area contributed by atoms with Crippen molar-refractivity contribution in [2.75, 3.05) is 13.2 Å². The number of aryl methyl sites for hydroxylation is 1. The average molecular weight is 313 g/mol. The Morgan fingerprint density at radius 1 is 1.41 bits per heavy atom. The summed E-state index contributed by atoms with van der Waals surface area (Å²) < 4.78 is 43.4. The number of hydrogen-bond donors (Lipinski definition) is 1. The highest BCUT2D eigenvalue weighted by Gasteiger charge is 2.31. The van der Waals surface area contributed by atoms with Crippen molar-refractivity contribution in [3.05, 3.63) is 28.6 Å². The van der Waals surface area contributed by atoms with Crippen LogP contribution in [0.15, 0.2) is 6.07 Å². The number of alkyl halides is 2. The van der Waals surface area contributed by atoms with E-state index in [-0.39, 0.29) is 24.1 Å². The smallest absolute Gasteiger partial charge is 0.255 e. The van der Waals surface area contributed by atoms with E-state index in [0.29, 0.717) is 25.2 Å². The molecule has 0 aromatic heterocycles. The average Bonchev–Trinajstić information content (AvgIpc) is 3.09. The zero-order valence-electron chi connectivity index (χ0n) is 12.1. The molecule has 0 radical (unpaired) electrons. The summed E-state index contributed by atoms with van der Waals surface area (Å²) in [4.78, 5) is 11.6. The van der Waals surface area contributed by atoms with E-state index in [1.165, 1.54) is 6.07 Å². The zero-order valence-corrected chi connectivity index (χ0v) is 12.1. The van der Waals surface area contributed by atoms with E-state index in [9.17, 15) is 18.0 Å². The van der Waals surface area contributed by atoms with Gasteiger partial charge in [-0.15, -0.1) is 0 Å². The molecule has 0 unspecified atom stereocenters. The summed E-state index contributed by atoms with van der Waals surface area (Å²) in [6, 6.07) is 1.54. The largest absolute Gasteiger partial charge is 0.490 e. The van der Waals surface area contributed by atoms with Crippen molar-refractivity contribution in [1.82, 2.24) is 5.32 Å². The molecule has 1 N–H and O–H groups in total. The molecule has 0 bridgehead atoms. The van der Waals surface area contributed by atoms with Gasteiger partial charge in [-0.1, -0.05) is 0 Å². The number of hydrogen-bond acceptors (Lipinski definition) is 2. The Bertz CT molecular complexity index is 589. The molecular formula is C16H18F3NO2. The molecule has 2 aliphatic rings. The van der Waals surface area contributed by atoms with Crippen LogP contribution < -0.4 is 10.1 Å². The van der Waals surface area contributed by atoms with Crippen molar-refractivity contribution >= 4 is 5.91 Å². The third-order valence-electron chi connectivity index (χ3n) is 4.41. The normalized spacial score (nSPS) is 19.0. The van der Waals surface area contributed by atoms with Gasteiger partial charge in [-0.25, -0.2) is 13.2 Å². The first-order valence-electron chi connectivity index (χ1n) is 7.58. The van der Waals surface area contributed by atoms with E-state index in [1.807, 2.05) is 0 Å². The molecule has 22 heavy (non-hydrogen) atoms. The second-order valence-electron chi connectivity index (χ2n) is 5.81. The topological polar surface area (TPSA) is 38.3 Å². The van der Waals surface area contributed by atoms with E-state index in [1.54, 1.807) is 0 Å². The van der Waals surface area contributed by atoms with Gasteiger partial charge in [-0.2, -0.15) is 0 Å². The van der Waals surface area contributed by atoms with Crippen molar-refractivity contribution in [3.8, 4) is 5.75 Å². The van der Waals surface area contributed by atoms with Crippen LogP contribution >= 0.6 is 0 Å². The molecule has 3 nitrogen and oxygen atoms in total. The number of fused-ring (bicyclic) bond motifs is 3. The number of ether oxygens (including phenoxy) is 1. The van der Waals surface area contributed by atoms with Crippen molar-refractivity contribution < 1.29 is 22.7 Å². The van der Waals surface area contributed by atoms with Crippen molar-refractivity contribution in [3.63, 3.8) is 0 Å². The lowest BCUT2D eigenvalue weighted by molar-refractivity contribution is -0.121. The van der Waals surface area contributed by atoms with E-state index >= 15 is 0 Å². The van der Waals surface area contributed by atoms with Crippen LogP contribution in [0, 0.1) is 5.82 Å². The Morgan fingerprint density at radius 2 is 2.23 bits per heavy atom. The van der Waals surface area contributed by atoms with Crippen LogP contribution in [0.4, 0.5) is 13.2 Å². The molecule has 0 fully saturated rings. The summed E-state index contributed by atoms with van der Waals surface area (Å²) in [5, 5.41) is 2.22. The first kappa shape index (κ1) is 15.2. The molecule has 0 spiro atoms. The first-order valence-corrected chi connectivity index (χ1v) is 7.58. The second kappa shape index (κ2) is 6.18. The van der Waals surface area contributed by atoms with Crippen molar-refractivity contribution in [2.24, 2.45) is 0 Å². The molecule has 1 aliphatic carbocycles. The van der Waals surface area contributed by atoms with Crippen LogP contribution in [0.1, 0.15) is 41.9 Å². The Labute approximate surface area is 126 Å². The van der Waals surface area contributed by atoms with Crippen LogP contribution in [0.3, 0.4) is 0 Å². The Morgan fingerprint density at radius 3 is 3.00 bits per heavy atom. The van der Waals surface area contributed by atoms with Gasteiger partial charge < -0.3 is 10.1 Å². The van der Waals surface area contributed by atoms with Crippen LogP contribution in [0.2, 0.25) is 0 Å². The van der Waals surface area contributed by atoms with Gasteiger partial charge >= 0.3 is 0 Å². The molecule has 1 amide bonds. The van der Waals surface area contributed by atoms with Crippen molar-refractivity contribution in [1.29, 1.82) is 0 Å². The van der Waals surface area contributed by atoms with Gasteiger partial charge in [-0.05, 0) is 42.4 Å². The molecule has 0 saturated carbocycles. The van der Waals surface area contributed by atoms with Gasteiger partial charge in [0.25, 0.3) is 6.43 Å². The number of amides is 1. The van der Waals surface area contributed by atoms with Crippen LogP contribution in [-0.4, -0.2) is 25.5 Å². The van der Waals surface area contributed by atoms with E-state index in [4.69, 9.17) is 4.74 Å². The summed E-state index contributed by atoms with van der Waals surface area (Å²) in [7, 11) is 0. The lowest BCUT2D eigenvalue weighted by Gasteiger charge is -2.15. The van der Waals surface area contributed by atoms with Gasteiger partial charge in [0, 0.05) is 18.4 Å². The van der Waals surface area contributed by atoms with Crippen LogP contribution in [0.25, 0.3) is 0 Å². The van der Waals surface area contributed by atoms with Crippen LogP contribution in [0.5, 0.6) is 5.75 Å². The van der Waals surface area contributed by atoms with Crippen LogP contribution in [-0.2, 0) is 17.6 Å². The van der Waals surface area contributed by atoms with Gasteiger partial charge in [-0.3, -0.25) is 4.79 Å². The monoisotopic (exact) mass is 313 g/mol. The highest BCUT2D eigenvalue weighted by Crippen LogP contribution is 2.44. The molecule has 1 heterocycles. The number of carbonyl (C=O) groups is 1. The van der Waals surface area contributed by atoms with Gasteiger partial charge in [0.1, 0.15) is 0 Å². The molecular weight excluding hydrogens is 295 g/mol. The maximum Gasteiger partial charge on any atom is 0.255 e. The molecule has 3 rings (SSSR count). The van der Waals surface area contributed by atoms with E-state index < -0.39 is 13.0 Å². The zero-order chi connectivity index (χ0) is 15.7. The highest BCUT2D eigenvalue weighted by atomic mass is 19.3. The predicted octanol–water partition coefficient (Wildman–Crippen LogP) is 2.95. The molecule has 1 atom stereocenters. The highest BCUT2D eigenvalue weighted by molar-refractivity contribution is 5.76. The standard InChI is InChI=1S/C16H18F3NO2/c17-12-7-10-2-1-9(3-4-14(21)20-8-13(18)19)15(10)11-5-6-22-16(11)12/h7,9,13H,1-6,8H2,(H,20,21)/t9-/m0/s1. The lowest BCUT2D eigenvalue weighted by atomic mass is 9.90. The van der Waals surface area contributed by atoms with E-state index in [2.05, 4.69) is 5.32 Å². The fourth-order valence-corrected chi connectivity index (χ4v) is 3.48. The third kappa shape index (κ3) is 2.91. The maximum absolute atomic E-state index is 13.9. The Hall–Kier alpha value is -1.72. The number of carbonyl (C=O) groups excluding carboxylic acids is 1. The second-order valence-corrected chi connectivity index (χ2v) is 5.81. The van der Waals surface area contributed by atoms with Crippen molar-refractivity contribution in [2.45, 2.75) is 44.4 Å². The van der Waals surface area contributed by atoms with Gasteiger partial charge in [0.15, 0.2) is 11.6 Å². The maximum atomic E-state index is 13.9. The number of halogens is 3. The summed E-state index contributed by atoms with van der Waals surface area (Å²) in [6.07, 6.45) is 0.642. The van der Waals surface area contributed by atoms with Gasteiger partial charge in [0.2, 0.25) is 5.91 Å². The summed E-state index contributed by atoms with van der Waals surface area (Å²) in [6.45, 7) is -0.112. The predicted molar refractivity (Wildman–Crippen MR) is 74.9 cm³/mol. The minimum absolute atomic E-state index is 0.184. The molecule has 1 aliphatic heterocycles. The third-order valence-corrected chi connectivity index (χ3v) is 4.41. The summed E-state index contributed by atoms with van der Waals surface area (Å²) >= 11 is 0. The molecule has 120 valence electrons. The van der Waals surface area contributed by atoms with E-state index in [0.717, 1.165) is 29.5 Å². The fraction of sp³-hybridized carbons (Fsp3) is 0.562. The minimum Gasteiger partial charge on any atom is -0.490 e. The Balaban J connectivity index is 1.67. The quantitative estimate of drug-likeness (QED) is 0.907. The first-order chi connectivity index (χ1) is 10.6. The molecule has 0 saturated heterocycles. The lowest BCUT2D eigenvalue weighted by Crippen LogP contribution is -2.28.